The third-order valence-corrected chi connectivity index (χ3v) is 6.40. The largest absolute Gasteiger partial charge is 0.497 e. The molecule has 0 aromatic heterocycles. The Morgan fingerprint density at radius 2 is 2.04 bits per heavy atom. The minimum Gasteiger partial charge on any atom is -0.497 e. The number of benzene rings is 2. The first-order valence-corrected chi connectivity index (χ1v) is 10.1. The van der Waals surface area contributed by atoms with Crippen molar-refractivity contribution < 1.29 is 9.53 Å². The molecule has 2 aliphatic heterocycles. The Labute approximate surface area is 169 Å². The molecule has 1 amide bonds. The molecule has 142 valence electrons. The van der Waals surface area contributed by atoms with E-state index in [9.17, 15) is 10.1 Å². The van der Waals surface area contributed by atoms with E-state index in [-0.39, 0.29) is 11.8 Å². The highest BCUT2D eigenvalue weighted by Crippen LogP contribution is 2.43. The van der Waals surface area contributed by atoms with Crippen molar-refractivity contribution in [1.82, 2.24) is 4.90 Å². The number of allylic oxidation sites excluding steroid dienone is 1. The Kier molecular flexibility index (Phi) is 5.01. The number of aryl methyl sites for hydroxylation is 1. The van der Waals surface area contributed by atoms with Crippen LogP contribution >= 0.6 is 11.8 Å². The minimum absolute atomic E-state index is 0.0487. The van der Waals surface area contributed by atoms with Crippen molar-refractivity contribution in [3.8, 4) is 11.8 Å². The molecule has 5 nitrogen and oxygen atoms in total. The van der Waals surface area contributed by atoms with E-state index in [4.69, 9.17) is 4.74 Å². The van der Waals surface area contributed by atoms with Gasteiger partial charge in [-0.05, 0) is 36.2 Å². The Balaban J connectivity index is 1.68. The summed E-state index contributed by atoms with van der Waals surface area (Å²) >= 11 is 1.56. The van der Waals surface area contributed by atoms with Crippen molar-refractivity contribution in [2.75, 3.05) is 24.6 Å². The summed E-state index contributed by atoms with van der Waals surface area (Å²) in [6, 6.07) is 18.2. The monoisotopic (exact) mass is 391 g/mol. The van der Waals surface area contributed by atoms with Crippen molar-refractivity contribution in [1.29, 1.82) is 5.26 Å². The highest BCUT2D eigenvalue weighted by molar-refractivity contribution is 8.03. The summed E-state index contributed by atoms with van der Waals surface area (Å²) in [6.07, 6.45) is 0.293. The number of para-hydroxylation sites is 1. The first-order valence-electron chi connectivity index (χ1n) is 9.14. The molecule has 0 unspecified atom stereocenters. The first-order chi connectivity index (χ1) is 13.6. The van der Waals surface area contributed by atoms with Gasteiger partial charge >= 0.3 is 0 Å². The van der Waals surface area contributed by atoms with Crippen LogP contribution in [0.3, 0.4) is 0 Å². The highest BCUT2D eigenvalue weighted by atomic mass is 32.2. The fourth-order valence-electron chi connectivity index (χ4n) is 3.78. The topological polar surface area (TPSA) is 56.6 Å². The summed E-state index contributed by atoms with van der Waals surface area (Å²) < 4.78 is 5.32. The maximum atomic E-state index is 13.0. The van der Waals surface area contributed by atoms with Crippen molar-refractivity contribution >= 4 is 23.4 Å². The Morgan fingerprint density at radius 1 is 1.21 bits per heavy atom. The molecule has 6 heteroatoms. The predicted octanol–water partition coefficient (Wildman–Crippen LogP) is 4.22. The van der Waals surface area contributed by atoms with Crippen LogP contribution < -0.4 is 9.64 Å². The van der Waals surface area contributed by atoms with Gasteiger partial charge in [0, 0.05) is 18.0 Å². The van der Waals surface area contributed by atoms with Gasteiger partial charge in [0.25, 0.3) is 0 Å². The number of carbonyl (C=O) groups excluding carboxylic acids is 1. The molecule has 0 radical (unpaired) electrons. The average Bonchev–Trinajstić information content (AvgIpc) is 2.74. The molecule has 0 saturated carbocycles. The Morgan fingerprint density at radius 3 is 2.79 bits per heavy atom. The number of thioether (sulfide) groups is 1. The van der Waals surface area contributed by atoms with Gasteiger partial charge in [0.15, 0.2) is 0 Å². The van der Waals surface area contributed by atoms with Gasteiger partial charge in [0.2, 0.25) is 5.91 Å². The SMILES string of the molecule is COc1cccc([C@@H]2CC(=O)N3CN(c4ccccc4C)CSC3=C2C#N)c1. The first kappa shape index (κ1) is 18.5. The van der Waals surface area contributed by atoms with E-state index in [1.165, 1.54) is 5.56 Å². The van der Waals surface area contributed by atoms with Gasteiger partial charge in [-0.25, -0.2) is 0 Å². The summed E-state index contributed by atoms with van der Waals surface area (Å²) in [6.45, 7) is 2.55. The summed E-state index contributed by atoms with van der Waals surface area (Å²) in [4.78, 5) is 16.9. The second-order valence-electron chi connectivity index (χ2n) is 6.93. The third kappa shape index (κ3) is 3.23. The van der Waals surface area contributed by atoms with Crippen molar-refractivity contribution in [2.24, 2.45) is 0 Å². The number of amides is 1. The zero-order valence-corrected chi connectivity index (χ0v) is 16.7. The van der Waals surface area contributed by atoms with Crippen molar-refractivity contribution in [2.45, 2.75) is 19.3 Å². The van der Waals surface area contributed by atoms with Crippen LogP contribution in [0.2, 0.25) is 0 Å². The quantitative estimate of drug-likeness (QED) is 0.784. The molecule has 28 heavy (non-hydrogen) atoms. The molecule has 2 aliphatic rings. The number of fused-ring (bicyclic) bond motifs is 1. The van der Waals surface area contributed by atoms with Gasteiger partial charge in [-0.2, -0.15) is 5.26 Å². The maximum absolute atomic E-state index is 13.0. The molecule has 0 N–H and O–H groups in total. The standard InChI is InChI=1S/C22H21N3O2S/c1-15-6-3-4-9-20(15)24-13-25-21(26)11-18(19(12-23)22(25)28-14-24)16-7-5-8-17(10-16)27-2/h3-10,18H,11,13-14H2,1-2H3/t18-/m0/s1. The van der Waals surface area contributed by atoms with Gasteiger partial charge < -0.3 is 9.64 Å². The normalized spacial score (nSPS) is 19.3. The summed E-state index contributed by atoms with van der Waals surface area (Å²) in [5.74, 6) is 1.26. The lowest BCUT2D eigenvalue weighted by atomic mass is 9.86. The van der Waals surface area contributed by atoms with Gasteiger partial charge in [-0.1, -0.05) is 42.1 Å². The van der Waals surface area contributed by atoms with Gasteiger partial charge in [-0.15, -0.1) is 0 Å². The number of rotatable bonds is 3. The van der Waals surface area contributed by atoms with Crippen LogP contribution in [0.5, 0.6) is 5.75 Å². The summed E-state index contributed by atoms with van der Waals surface area (Å²) in [5, 5.41) is 10.7. The number of hydrogen-bond donors (Lipinski definition) is 0. The Bertz CT molecular complexity index is 995. The van der Waals surface area contributed by atoms with E-state index in [1.807, 2.05) is 36.4 Å². The molecule has 0 spiro atoms. The fraction of sp³-hybridized carbons (Fsp3) is 0.273. The van der Waals surface area contributed by atoms with Crippen LogP contribution in [0.15, 0.2) is 59.1 Å². The smallest absolute Gasteiger partial charge is 0.229 e. The second kappa shape index (κ2) is 7.61. The number of anilines is 1. The van der Waals surface area contributed by atoms with Gasteiger partial charge in [-0.3, -0.25) is 9.69 Å². The molecular formula is C22H21N3O2S. The van der Waals surface area contributed by atoms with E-state index >= 15 is 0 Å². The van der Waals surface area contributed by atoms with E-state index in [2.05, 4.69) is 30.0 Å². The lowest BCUT2D eigenvalue weighted by Crippen LogP contribution is -2.47. The number of nitriles is 1. The predicted molar refractivity (Wildman–Crippen MR) is 111 cm³/mol. The fourth-order valence-corrected chi connectivity index (χ4v) is 4.93. The number of ether oxygens (including phenoxy) is 1. The van der Waals surface area contributed by atoms with E-state index in [1.54, 1.807) is 23.8 Å². The molecular weight excluding hydrogens is 370 g/mol. The van der Waals surface area contributed by atoms with E-state index in [0.29, 0.717) is 24.5 Å². The molecule has 1 atom stereocenters. The molecule has 2 aromatic carbocycles. The van der Waals surface area contributed by atoms with E-state index in [0.717, 1.165) is 22.0 Å². The van der Waals surface area contributed by atoms with Crippen LogP contribution in [0.4, 0.5) is 5.69 Å². The third-order valence-electron chi connectivity index (χ3n) is 5.25. The zero-order chi connectivity index (χ0) is 19.7. The highest BCUT2D eigenvalue weighted by Gasteiger charge is 2.38. The number of carbonyl (C=O) groups is 1. The zero-order valence-electron chi connectivity index (χ0n) is 15.9. The summed E-state index contributed by atoms with van der Waals surface area (Å²) in [5.41, 5.74) is 3.91. The van der Waals surface area contributed by atoms with Crippen LogP contribution in [0.1, 0.15) is 23.5 Å². The lowest BCUT2D eigenvalue weighted by molar-refractivity contribution is -0.129. The lowest BCUT2D eigenvalue weighted by Gasteiger charge is -2.42. The van der Waals surface area contributed by atoms with Gasteiger partial charge in [0.05, 0.1) is 36.3 Å². The van der Waals surface area contributed by atoms with Crippen LogP contribution in [0, 0.1) is 18.3 Å². The number of hydrogen-bond acceptors (Lipinski definition) is 5. The van der Waals surface area contributed by atoms with Crippen molar-refractivity contribution in [3.05, 3.63) is 70.3 Å². The summed E-state index contributed by atoms with van der Waals surface area (Å²) in [7, 11) is 1.62. The van der Waals surface area contributed by atoms with Crippen LogP contribution in [-0.4, -0.2) is 30.5 Å². The second-order valence-corrected chi connectivity index (χ2v) is 7.86. The van der Waals surface area contributed by atoms with Crippen molar-refractivity contribution in [3.63, 3.8) is 0 Å². The molecule has 4 rings (SSSR count). The number of methoxy groups -OCH3 is 1. The maximum Gasteiger partial charge on any atom is 0.229 e. The van der Waals surface area contributed by atoms with E-state index < -0.39 is 0 Å². The average molecular weight is 391 g/mol. The molecule has 2 heterocycles. The Hall–Kier alpha value is -2.91. The molecule has 2 aromatic rings. The molecule has 1 fully saturated rings. The minimum atomic E-state index is -0.226. The van der Waals surface area contributed by atoms with Gasteiger partial charge in [0.1, 0.15) is 5.75 Å². The molecule has 0 aliphatic carbocycles. The molecule has 1 saturated heterocycles. The number of nitrogens with zero attached hydrogens (tertiary/aromatic N) is 3. The van der Waals surface area contributed by atoms with Crippen LogP contribution in [-0.2, 0) is 4.79 Å². The van der Waals surface area contributed by atoms with Crippen LogP contribution in [0.25, 0.3) is 0 Å². The molecule has 0 bridgehead atoms.